The summed E-state index contributed by atoms with van der Waals surface area (Å²) in [6.07, 6.45) is 5.70. The minimum absolute atomic E-state index is 0.128. The van der Waals surface area contributed by atoms with Gasteiger partial charge in [0.25, 0.3) is 6.47 Å². The van der Waals surface area contributed by atoms with Crippen LogP contribution in [0.25, 0.3) is 0 Å². The molecule has 0 aromatic heterocycles. The van der Waals surface area contributed by atoms with Crippen LogP contribution in [0.2, 0.25) is 0 Å². The van der Waals surface area contributed by atoms with E-state index < -0.39 is 0 Å². The van der Waals surface area contributed by atoms with Gasteiger partial charge >= 0.3 is 0 Å². The number of carbonyl (C=O) groups excluding carboxylic acids is 2. The van der Waals surface area contributed by atoms with E-state index in [-0.39, 0.29) is 6.10 Å². The van der Waals surface area contributed by atoms with Gasteiger partial charge in [-0.05, 0) is 50.5 Å². The summed E-state index contributed by atoms with van der Waals surface area (Å²) in [6.45, 7) is 9.81. The lowest BCUT2D eigenvalue weighted by Gasteiger charge is -2.28. The van der Waals surface area contributed by atoms with Gasteiger partial charge in [0, 0.05) is 19.5 Å². The van der Waals surface area contributed by atoms with Gasteiger partial charge in [-0.15, -0.1) is 0 Å². The second-order valence-electron chi connectivity index (χ2n) is 7.49. The molecule has 0 N–H and O–H groups in total. The van der Waals surface area contributed by atoms with E-state index in [2.05, 4.69) is 30.5 Å². The maximum Gasteiger partial charge on any atom is 0.292 e. The number of hydrogen-bond acceptors (Lipinski definition) is 5. The van der Waals surface area contributed by atoms with E-state index in [1.54, 1.807) is 0 Å². The van der Waals surface area contributed by atoms with Gasteiger partial charge in [-0.25, -0.2) is 0 Å². The highest BCUT2D eigenvalue weighted by molar-refractivity contribution is 5.49. The zero-order valence-electron chi connectivity index (χ0n) is 15.3. The summed E-state index contributed by atoms with van der Waals surface area (Å²) in [7, 11) is 3.54. The van der Waals surface area contributed by atoms with Gasteiger partial charge in [-0.2, -0.15) is 0 Å². The molecule has 5 heteroatoms. The minimum atomic E-state index is 0.128. The van der Waals surface area contributed by atoms with Crippen LogP contribution in [0.15, 0.2) is 0 Å². The molecular formula is C18H33NO4. The van der Waals surface area contributed by atoms with Crippen LogP contribution in [0.5, 0.6) is 0 Å². The molecule has 0 radical (unpaired) electrons. The second-order valence-corrected chi connectivity index (χ2v) is 7.49. The van der Waals surface area contributed by atoms with E-state index in [1.165, 1.54) is 39.5 Å². The van der Waals surface area contributed by atoms with Gasteiger partial charge < -0.3 is 19.2 Å². The first-order valence-corrected chi connectivity index (χ1v) is 8.60. The number of rotatable bonds is 5. The minimum Gasteiger partial charge on any atom is -0.471 e. The van der Waals surface area contributed by atoms with Crippen LogP contribution in [0.3, 0.4) is 0 Å². The molecule has 0 bridgehead atoms. The first kappa shape index (κ1) is 20.1. The zero-order chi connectivity index (χ0) is 17.5. The summed E-state index contributed by atoms with van der Waals surface area (Å²) in [5, 5.41) is 0. The third kappa shape index (κ3) is 6.22. The summed E-state index contributed by atoms with van der Waals surface area (Å²) in [6, 6.07) is 0. The summed E-state index contributed by atoms with van der Waals surface area (Å²) < 4.78 is 9.36. The Morgan fingerprint density at radius 3 is 2.04 bits per heavy atom. The van der Waals surface area contributed by atoms with Crippen LogP contribution in [-0.2, 0) is 19.1 Å². The first-order chi connectivity index (χ1) is 10.9. The van der Waals surface area contributed by atoms with E-state index in [1.807, 2.05) is 6.92 Å². The molecule has 0 spiro atoms. The Hall–Kier alpha value is -0.940. The Bertz CT molecular complexity index is 354. The second kappa shape index (κ2) is 9.38. The van der Waals surface area contributed by atoms with Crippen molar-refractivity contribution in [2.45, 2.75) is 58.7 Å². The number of ether oxygens (including phenoxy) is 2. The quantitative estimate of drug-likeness (QED) is 0.726. The molecule has 0 amide bonds. The maximum atomic E-state index is 10.0. The standard InChI is InChI=1S/C8H15N.C8H14O2.C2H4O2/c1-8(2)6-4-9(3)5-7(6)8;1-7(5-6-9)10-8-3-2-4-8;1-4-2-3/h6-7H,4-5H2,1-3H3;6-8H,2-5H2,1H3;2H,1H3/t;7-;/m.1./s1. The van der Waals surface area contributed by atoms with Crippen LogP contribution in [0, 0.1) is 17.3 Å². The number of likely N-dealkylation sites (tertiary alicyclic amines) is 1. The molecule has 1 saturated heterocycles. The van der Waals surface area contributed by atoms with Gasteiger partial charge in [0.05, 0.1) is 19.3 Å². The van der Waals surface area contributed by atoms with Gasteiger partial charge in [0.15, 0.2) is 0 Å². The van der Waals surface area contributed by atoms with E-state index in [0.29, 0.717) is 24.4 Å². The molecule has 2 unspecified atom stereocenters. The molecule has 134 valence electrons. The average Bonchev–Trinajstić information content (AvgIpc) is 2.81. The summed E-state index contributed by atoms with van der Waals surface area (Å²) in [5.74, 6) is 2.06. The highest BCUT2D eigenvalue weighted by Crippen LogP contribution is 2.61. The van der Waals surface area contributed by atoms with Gasteiger partial charge in [0.1, 0.15) is 6.29 Å². The Kier molecular flexibility index (Phi) is 8.20. The predicted molar refractivity (Wildman–Crippen MR) is 90.2 cm³/mol. The van der Waals surface area contributed by atoms with Crippen molar-refractivity contribution in [1.82, 2.24) is 4.90 Å². The zero-order valence-corrected chi connectivity index (χ0v) is 15.3. The normalized spacial score (nSPS) is 28.7. The fourth-order valence-corrected chi connectivity index (χ4v) is 3.36. The number of nitrogens with zero attached hydrogens (tertiary/aromatic N) is 1. The van der Waals surface area contributed by atoms with E-state index in [9.17, 15) is 4.79 Å². The lowest BCUT2D eigenvalue weighted by atomic mass is 9.96. The van der Waals surface area contributed by atoms with Crippen LogP contribution in [0.1, 0.15) is 46.5 Å². The van der Waals surface area contributed by atoms with Crippen molar-refractivity contribution in [2.24, 2.45) is 17.3 Å². The number of hydrogen-bond donors (Lipinski definition) is 0. The lowest BCUT2D eigenvalue weighted by molar-refractivity contribution is -0.126. The molecule has 1 aliphatic heterocycles. The van der Waals surface area contributed by atoms with Crippen LogP contribution in [0.4, 0.5) is 0 Å². The number of aldehydes is 1. The molecule has 0 aromatic carbocycles. The molecule has 2 aliphatic carbocycles. The molecule has 1 heterocycles. The van der Waals surface area contributed by atoms with Crippen molar-refractivity contribution in [3.05, 3.63) is 0 Å². The number of piperidine rings is 1. The molecule has 3 atom stereocenters. The van der Waals surface area contributed by atoms with Crippen LogP contribution >= 0.6 is 0 Å². The van der Waals surface area contributed by atoms with Crippen molar-refractivity contribution in [3.8, 4) is 0 Å². The summed E-state index contributed by atoms with van der Waals surface area (Å²) in [5.41, 5.74) is 0.701. The van der Waals surface area contributed by atoms with Crippen LogP contribution in [-0.4, -0.2) is 57.1 Å². The van der Waals surface area contributed by atoms with Crippen molar-refractivity contribution < 1.29 is 19.1 Å². The summed E-state index contributed by atoms with van der Waals surface area (Å²) in [4.78, 5) is 21.4. The highest BCUT2D eigenvalue weighted by Gasteiger charge is 2.60. The molecule has 5 nitrogen and oxygen atoms in total. The predicted octanol–water partition coefficient (Wildman–Crippen LogP) is 2.53. The van der Waals surface area contributed by atoms with Crippen LogP contribution < -0.4 is 0 Å². The molecule has 23 heavy (non-hydrogen) atoms. The van der Waals surface area contributed by atoms with Gasteiger partial charge in [-0.3, -0.25) is 4.79 Å². The van der Waals surface area contributed by atoms with E-state index in [0.717, 1.165) is 18.1 Å². The number of carbonyl (C=O) groups is 2. The van der Waals surface area contributed by atoms with E-state index >= 15 is 0 Å². The smallest absolute Gasteiger partial charge is 0.292 e. The molecule has 3 rings (SSSR count). The van der Waals surface area contributed by atoms with E-state index in [4.69, 9.17) is 9.53 Å². The number of methoxy groups -OCH3 is 1. The van der Waals surface area contributed by atoms with Crippen molar-refractivity contribution >= 4 is 12.8 Å². The molecule has 2 saturated carbocycles. The molecule has 0 aromatic rings. The van der Waals surface area contributed by atoms with Crippen molar-refractivity contribution in [3.63, 3.8) is 0 Å². The monoisotopic (exact) mass is 327 g/mol. The molecule has 3 fully saturated rings. The van der Waals surface area contributed by atoms with Crippen molar-refractivity contribution in [2.75, 3.05) is 27.2 Å². The highest BCUT2D eigenvalue weighted by atomic mass is 16.5. The summed E-state index contributed by atoms with van der Waals surface area (Å²) >= 11 is 0. The third-order valence-corrected chi connectivity index (χ3v) is 5.31. The Morgan fingerprint density at radius 1 is 1.22 bits per heavy atom. The average molecular weight is 327 g/mol. The Balaban J connectivity index is 0.000000189. The molecular weight excluding hydrogens is 294 g/mol. The topological polar surface area (TPSA) is 55.8 Å². The SMILES string of the molecule is CN1CC2C(C1)C2(C)C.COC=O.C[C@H](CC=O)OC1CCC1. The largest absolute Gasteiger partial charge is 0.471 e. The van der Waals surface area contributed by atoms with Gasteiger partial charge in [0.2, 0.25) is 0 Å². The lowest BCUT2D eigenvalue weighted by Crippen LogP contribution is -2.26. The Labute approximate surface area is 140 Å². The Morgan fingerprint density at radius 2 is 1.74 bits per heavy atom. The van der Waals surface area contributed by atoms with Crippen molar-refractivity contribution in [1.29, 1.82) is 0 Å². The first-order valence-electron chi connectivity index (χ1n) is 8.60. The fourth-order valence-electron chi connectivity index (χ4n) is 3.36. The fraction of sp³-hybridized carbons (Fsp3) is 0.889. The molecule has 3 aliphatic rings. The van der Waals surface area contributed by atoms with Gasteiger partial charge in [-0.1, -0.05) is 13.8 Å². The maximum absolute atomic E-state index is 10.0. The third-order valence-electron chi connectivity index (χ3n) is 5.31. The number of fused-ring (bicyclic) bond motifs is 1.